The van der Waals surface area contributed by atoms with Crippen LogP contribution in [-0.4, -0.2) is 80.7 Å². The predicted octanol–water partition coefficient (Wildman–Crippen LogP) is 1.77. The average Bonchev–Trinajstić information content (AvgIpc) is 2.44. The smallest absolute Gasteiger partial charge is 0.410 e. The van der Waals surface area contributed by atoms with Gasteiger partial charge < -0.3 is 9.64 Å². The van der Waals surface area contributed by atoms with Crippen molar-refractivity contribution in [2.75, 3.05) is 32.4 Å². The topological polar surface area (TPSA) is 76.2 Å². The van der Waals surface area contributed by atoms with Crippen molar-refractivity contribution >= 4 is 16.2 Å². The molecular formula is C16H29FN2O5S. The lowest BCUT2D eigenvalue weighted by Gasteiger charge is -2.43. The van der Waals surface area contributed by atoms with Crippen molar-refractivity contribution in [3.05, 3.63) is 0 Å². The Morgan fingerprint density at radius 1 is 1.12 bits per heavy atom. The van der Waals surface area contributed by atoms with Gasteiger partial charge in [0, 0.05) is 38.6 Å². The SMILES string of the molecule is CC(C)(C)OC(=O)N1CCN(C2CCC(OS(C)(=O)=O)CC2F)CC1. The summed E-state index contributed by atoms with van der Waals surface area (Å²) in [5.41, 5.74) is -0.531. The lowest BCUT2D eigenvalue weighted by Crippen LogP contribution is -2.56. The number of nitrogens with zero attached hydrogens (tertiary/aromatic N) is 2. The van der Waals surface area contributed by atoms with Crippen molar-refractivity contribution in [1.29, 1.82) is 0 Å². The summed E-state index contributed by atoms with van der Waals surface area (Å²) in [6.45, 7) is 7.65. The lowest BCUT2D eigenvalue weighted by atomic mass is 9.90. The van der Waals surface area contributed by atoms with Gasteiger partial charge in [-0.3, -0.25) is 9.08 Å². The molecular weight excluding hydrogens is 351 g/mol. The number of piperazine rings is 1. The highest BCUT2D eigenvalue weighted by Crippen LogP contribution is 2.29. The van der Waals surface area contributed by atoms with Crippen molar-refractivity contribution in [2.45, 2.75) is 64.0 Å². The van der Waals surface area contributed by atoms with Crippen molar-refractivity contribution in [3.8, 4) is 0 Å². The monoisotopic (exact) mass is 380 g/mol. The molecule has 2 rings (SSSR count). The number of ether oxygens (including phenoxy) is 1. The van der Waals surface area contributed by atoms with Crippen LogP contribution in [0.3, 0.4) is 0 Å². The summed E-state index contributed by atoms with van der Waals surface area (Å²) in [5.74, 6) is 0. The van der Waals surface area contributed by atoms with E-state index in [1.807, 2.05) is 25.7 Å². The molecule has 7 nitrogen and oxygen atoms in total. The third kappa shape index (κ3) is 6.38. The first-order valence-electron chi connectivity index (χ1n) is 8.69. The van der Waals surface area contributed by atoms with Crippen LogP contribution < -0.4 is 0 Å². The van der Waals surface area contributed by atoms with E-state index in [0.29, 0.717) is 39.0 Å². The zero-order chi connectivity index (χ0) is 18.8. The largest absolute Gasteiger partial charge is 0.444 e. The molecule has 1 amide bonds. The molecule has 9 heteroatoms. The molecule has 0 bridgehead atoms. The van der Waals surface area contributed by atoms with Gasteiger partial charge in [-0.05, 0) is 33.6 Å². The van der Waals surface area contributed by atoms with Crippen molar-refractivity contribution in [2.24, 2.45) is 0 Å². The second-order valence-corrected chi connectivity index (χ2v) is 9.42. The predicted molar refractivity (Wildman–Crippen MR) is 91.6 cm³/mol. The molecule has 0 aromatic heterocycles. The van der Waals surface area contributed by atoms with Crippen LogP contribution in [-0.2, 0) is 19.0 Å². The van der Waals surface area contributed by atoms with Crippen LogP contribution in [0.25, 0.3) is 0 Å². The Morgan fingerprint density at radius 2 is 1.72 bits per heavy atom. The van der Waals surface area contributed by atoms with Crippen molar-refractivity contribution < 1.29 is 26.5 Å². The van der Waals surface area contributed by atoms with Gasteiger partial charge in [0.2, 0.25) is 0 Å². The number of amides is 1. The summed E-state index contributed by atoms with van der Waals surface area (Å²) in [4.78, 5) is 15.8. The van der Waals surface area contributed by atoms with Gasteiger partial charge in [0.05, 0.1) is 12.4 Å². The lowest BCUT2D eigenvalue weighted by molar-refractivity contribution is -0.0111. The minimum absolute atomic E-state index is 0.0873. The Labute approximate surface area is 149 Å². The van der Waals surface area contributed by atoms with Gasteiger partial charge in [-0.1, -0.05) is 0 Å². The number of carbonyl (C=O) groups excluding carboxylic acids is 1. The molecule has 1 heterocycles. The van der Waals surface area contributed by atoms with Gasteiger partial charge in [-0.2, -0.15) is 8.42 Å². The molecule has 2 fully saturated rings. The fourth-order valence-electron chi connectivity index (χ4n) is 3.37. The van der Waals surface area contributed by atoms with Crippen LogP contribution in [0.5, 0.6) is 0 Å². The minimum Gasteiger partial charge on any atom is -0.444 e. The molecule has 0 N–H and O–H groups in total. The van der Waals surface area contributed by atoms with E-state index in [1.54, 1.807) is 4.90 Å². The summed E-state index contributed by atoms with van der Waals surface area (Å²) in [6, 6.07) is -0.250. The molecule has 25 heavy (non-hydrogen) atoms. The molecule has 1 aliphatic carbocycles. The summed E-state index contributed by atoms with van der Waals surface area (Å²) in [6.07, 6.45) is 0.0943. The molecule has 2 aliphatic rings. The van der Waals surface area contributed by atoms with Crippen LogP contribution in [0.15, 0.2) is 0 Å². The van der Waals surface area contributed by atoms with Gasteiger partial charge in [0.15, 0.2) is 0 Å². The Balaban J connectivity index is 1.82. The van der Waals surface area contributed by atoms with E-state index < -0.39 is 28.0 Å². The number of hydrogen-bond donors (Lipinski definition) is 0. The molecule has 146 valence electrons. The zero-order valence-electron chi connectivity index (χ0n) is 15.4. The number of rotatable bonds is 3. The maximum absolute atomic E-state index is 14.5. The molecule has 1 saturated heterocycles. The normalized spacial score (nSPS) is 29.5. The molecule has 3 unspecified atom stereocenters. The summed E-state index contributed by atoms with van der Waals surface area (Å²) < 4.78 is 47.2. The molecule has 1 saturated carbocycles. The van der Waals surface area contributed by atoms with Crippen LogP contribution in [0.1, 0.15) is 40.0 Å². The Hall–Kier alpha value is -0.930. The van der Waals surface area contributed by atoms with Crippen LogP contribution in [0, 0.1) is 0 Å². The molecule has 1 aliphatic heterocycles. The number of halogens is 1. The number of hydrogen-bond acceptors (Lipinski definition) is 6. The average molecular weight is 380 g/mol. The van der Waals surface area contributed by atoms with Gasteiger partial charge in [0.1, 0.15) is 11.8 Å². The van der Waals surface area contributed by atoms with Gasteiger partial charge in [0.25, 0.3) is 10.1 Å². The molecule has 0 radical (unpaired) electrons. The quantitative estimate of drug-likeness (QED) is 0.695. The summed E-state index contributed by atoms with van der Waals surface area (Å²) in [7, 11) is -3.56. The highest BCUT2D eigenvalue weighted by atomic mass is 32.2. The highest BCUT2D eigenvalue weighted by molar-refractivity contribution is 7.86. The summed E-state index contributed by atoms with van der Waals surface area (Å²) >= 11 is 0. The van der Waals surface area contributed by atoms with Gasteiger partial charge >= 0.3 is 6.09 Å². The Bertz CT molecular complexity index is 570. The third-order valence-electron chi connectivity index (χ3n) is 4.44. The van der Waals surface area contributed by atoms with Crippen molar-refractivity contribution in [3.63, 3.8) is 0 Å². The highest BCUT2D eigenvalue weighted by Gasteiger charge is 2.38. The van der Waals surface area contributed by atoms with Gasteiger partial charge in [-0.15, -0.1) is 0 Å². The first kappa shape index (κ1) is 20.4. The molecule has 0 aromatic carbocycles. The van der Waals surface area contributed by atoms with E-state index in [9.17, 15) is 17.6 Å². The fourth-order valence-corrected chi connectivity index (χ4v) is 4.04. The van der Waals surface area contributed by atoms with E-state index in [0.717, 1.165) is 6.26 Å². The maximum atomic E-state index is 14.5. The van der Waals surface area contributed by atoms with E-state index in [-0.39, 0.29) is 18.6 Å². The van der Waals surface area contributed by atoms with E-state index in [2.05, 4.69) is 0 Å². The standard InChI is InChI=1S/C16H29FN2O5S/c1-16(2,3)23-15(20)19-9-7-18(8-10-19)14-6-5-12(11-13(14)17)24-25(4,21)22/h12-14H,5-11H2,1-4H3. The molecule has 0 spiro atoms. The van der Waals surface area contributed by atoms with E-state index in [4.69, 9.17) is 8.92 Å². The van der Waals surface area contributed by atoms with E-state index >= 15 is 0 Å². The van der Waals surface area contributed by atoms with Crippen LogP contribution in [0.4, 0.5) is 9.18 Å². The number of carbonyl (C=O) groups is 1. The van der Waals surface area contributed by atoms with Gasteiger partial charge in [-0.25, -0.2) is 9.18 Å². The fraction of sp³-hybridized carbons (Fsp3) is 0.938. The van der Waals surface area contributed by atoms with Crippen molar-refractivity contribution in [1.82, 2.24) is 9.80 Å². The second-order valence-electron chi connectivity index (χ2n) is 7.82. The first-order chi connectivity index (χ1) is 11.4. The van der Waals surface area contributed by atoms with Crippen LogP contribution >= 0.6 is 0 Å². The zero-order valence-corrected chi connectivity index (χ0v) is 16.2. The third-order valence-corrected chi connectivity index (χ3v) is 5.06. The summed E-state index contributed by atoms with van der Waals surface area (Å²) in [5, 5.41) is 0. The Kier molecular flexibility index (Phi) is 6.32. The molecule has 0 aromatic rings. The van der Waals surface area contributed by atoms with Crippen LogP contribution in [0.2, 0.25) is 0 Å². The Morgan fingerprint density at radius 3 is 2.20 bits per heavy atom. The second kappa shape index (κ2) is 7.75. The molecule has 3 atom stereocenters. The number of alkyl halides is 1. The van der Waals surface area contributed by atoms with E-state index in [1.165, 1.54) is 0 Å². The first-order valence-corrected chi connectivity index (χ1v) is 10.5. The maximum Gasteiger partial charge on any atom is 0.410 e. The minimum atomic E-state index is -3.56.